The molecule has 0 aliphatic carbocycles. The Morgan fingerprint density at radius 2 is 1.53 bits per heavy atom. The molecule has 2 atom stereocenters. The highest BCUT2D eigenvalue weighted by atomic mass is 19.1. The molecule has 0 fully saturated rings. The van der Waals surface area contributed by atoms with Crippen molar-refractivity contribution in [1.82, 2.24) is 4.57 Å². The average molecular weight is 587 g/mol. The van der Waals surface area contributed by atoms with Crippen LogP contribution < -0.4 is 0 Å². The smallest absolute Gasteiger partial charge is 0.305 e. The molecule has 3 N–H and O–H groups in total. The van der Waals surface area contributed by atoms with E-state index >= 15 is 0 Å². The molecule has 43 heavy (non-hydrogen) atoms. The van der Waals surface area contributed by atoms with E-state index in [1.54, 1.807) is 12.1 Å². The molecule has 1 heterocycles. The fraction of sp³-hybridized carbons (Fsp3) is 0.314. The molecule has 4 aromatic rings. The number of carbonyl (C=O) groups is 1. The summed E-state index contributed by atoms with van der Waals surface area (Å²) in [6.45, 7) is 6.81. The predicted octanol–water partition coefficient (Wildman–Crippen LogP) is 7.18. The maximum Gasteiger partial charge on any atom is 0.305 e. The van der Waals surface area contributed by atoms with Crippen LogP contribution in [-0.4, -0.2) is 50.6 Å². The van der Waals surface area contributed by atoms with Crippen LogP contribution in [0.25, 0.3) is 22.4 Å². The van der Waals surface area contributed by atoms with Crippen molar-refractivity contribution in [2.45, 2.75) is 64.7 Å². The monoisotopic (exact) mass is 586 g/mol. The molecule has 0 saturated carbocycles. The van der Waals surface area contributed by atoms with E-state index < -0.39 is 24.6 Å². The lowest BCUT2D eigenvalue weighted by molar-refractivity contribution is -0.139. The maximum absolute atomic E-state index is 14.1. The second-order valence-electron chi connectivity index (χ2n) is 10.8. The van der Waals surface area contributed by atoms with Gasteiger partial charge in [-0.05, 0) is 73.2 Å². The number of benzene rings is 3. The summed E-state index contributed by atoms with van der Waals surface area (Å²) in [6, 6.07) is 25.8. The van der Waals surface area contributed by atoms with Crippen molar-refractivity contribution in [2.75, 3.05) is 6.61 Å². The summed E-state index contributed by atoms with van der Waals surface area (Å²) < 4.78 is 22.5. The highest BCUT2D eigenvalue weighted by molar-refractivity contribution is 6.07. The van der Waals surface area contributed by atoms with Crippen LogP contribution >= 0.6 is 0 Å². The Bertz CT molecular complexity index is 1520. The highest BCUT2D eigenvalue weighted by Crippen LogP contribution is 2.43. The van der Waals surface area contributed by atoms with Gasteiger partial charge in [-0.25, -0.2) is 9.38 Å². The summed E-state index contributed by atoms with van der Waals surface area (Å²) in [5.41, 5.74) is 5.88. The SMILES string of the molecule is CCO/C(=N\c1ccccc1)c1c(-c2ccccc2)c(-c2ccc(F)cc2)n(CC[C@@H](O)C[C@@H](O)CC(=O)O)c1C(C)C. The number of carboxylic acids is 1. The van der Waals surface area contributed by atoms with Crippen LogP contribution in [0.3, 0.4) is 0 Å². The molecule has 8 heteroatoms. The maximum atomic E-state index is 14.1. The van der Waals surface area contributed by atoms with Gasteiger partial charge in [0.15, 0.2) is 0 Å². The highest BCUT2D eigenvalue weighted by Gasteiger charge is 2.30. The van der Waals surface area contributed by atoms with E-state index in [9.17, 15) is 19.4 Å². The minimum Gasteiger partial charge on any atom is -0.481 e. The second-order valence-corrected chi connectivity index (χ2v) is 10.8. The summed E-state index contributed by atoms with van der Waals surface area (Å²) in [5.74, 6) is -1.03. The average Bonchev–Trinajstić information content (AvgIpc) is 3.32. The van der Waals surface area contributed by atoms with Crippen LogP contribution in [0.5, 0.6) is 0 Å². The molecule has 0 aliphatic heterocycles. The first-order chi connectivity index (χ1) is 20.7. The number of para-hydroxylation sites is 1. The molecule has 4 rings (SSSR count). The van der Waals surface area contributed by atoms with Crippen molar-refractivity contribution in [1.29, 1.82) is 0 Å². The lowest BCUT2D eigenvalue weighted by Gasteiger charge is -2.20. The lowest BCUT2D eigenvalue weighted by Crippen LogP contribution is -2.22. The third-order valence-corrected chi connectivity index (χ3v) is 7.15. The second kappa shape index (κ2) is 14.8. The molecule has 0 saturated heterocycles. The minimum absolute atomic E-state index is 0.0113. The summed E-state index contributed by atoms with van der Waals surface area (Å²) in [4.78, 5) is 16.0. The molecule has 0 aliphatic rings. The number of aliphatic hydroxyl groups is 2. The number of rotatable bonds is 13. The van der Waals surface area contributed by atoms with Gasteiger partial charge in [0.1, 0.15) is 5.82 Å². The number of aliphatic hydroxyl groups excluding tert-OH is 2. The van der Waals surface area contributed by atoms with E-state index in [0.29, 0.717) is 19.0 Å². The molecule has 0 radical (unpaired) electrons. The van der Waals surface area contributed by atoms with E-state index in [0.717, 1.165) is 39.3 Å². The van der Waals surface area contributed by atoms with Crippen LogP contribution in [0.15, 0.2) is 89.9 Å². The van der Waals surface area contributed by atoms with Gasteiger partial charge in [-0.15, -0.1) is 0 Å². The zero-order valence-electron chi connectivity index (χ0n) is 24.8. The van der Waals surface area contributed by atoms with Crippen molar-refractivity contribution < 1.29 is 29.2 Å². The Hall–Kier alpha value is -4.27. The quantitative estimate of drug-likeness (QED) is 0.114. The van der Waals surface area contributed by atoms with E-state index in [4.69, 9.17) is 14.8 Å². The van der Waals surface area contributed by atoms with Gasteiger partial charge in [0.2, 0.25) is 5.90 Å². The molecule has 1 aromatic heterocycles. The topological polar surface area (TPSA) is 104 Å². The Morgan fingerprint density at radius 3 is 2.12 bits per heavy atom. The van der Waals surface area contributed by atoms with Crippen LogP contribution in [0.2, 0.25) is 0 Å². The van der Waals surface area contributed by atoms with Gasteiger partial charge in [0, 0.05) is 17.8 Å². The predicted molar refractivity (Wildman–Crippen MR) is 167 cm³/mol. The molecular formula is C35H39FN2O5. The number of aromatic nitrogens is 1. The van der Waals surface area contributed by atoms with Crippen molar-refractivity contribution in [2.24, 2.45) is 4.99 Å². The van der Waals surface area contributed by atoms with Crippen LogP contribution in [0, 0.1) is 5.82 Å². The van der Waals surface area contributed by atoms with Crippen molar-refractivity contribution >= 4 is 17.6 Å². The normalized spacial score (nSPS) is 13.2. The molecule has 0 unspecified atom stereocenters. The lowest BCUT2D eigenvalue weighted by atomic mass is 9.94. The molecule has 0 amide bonds. The first kappa shape index (κ1) is 31.7. The number of carboxylic acid groups (broad SMARTS) is 1. The van der Waals surface area contributed by atoms with Crippen LogP contribution in [0.4, 0.5) is 10.1 Å². The zero-order chi connectivity index (χ0) is 30.9. The third kappa shape index (κ3) is 7.97. The van der Waals surface area contributed by atoms with Gasteiger partial charge in [-0.2, -0.15) is 0 Å². The number of ether oxygens (including phenoxy) is 1. The molecule has 0 spiro atoms. The molecule has 226 valence electrons. The van der Waals surface area contributed by atoms with Gasteiger partial charge < -0.3 is 24.6 Å². The third-order valence-electron chi connectivity index (χ3n) is 7.15. The first-order valence-electron chi connectivity index (χ1n) is 14.6. The van der Waals surface area contributed by atoms with Crippen LogP contribution in [0.1, 0.15) is 57.2 Å². The molecular weight excluding hydrogens is 547 g/mol. The number of aliphatic imine (C=N–C) groups is 1. The van der Waals surface area contributed by atoms with E-state index in [2.05, 4.69) is 18.4 Å². The summed E-state index contributed by atoms with van der Waals surface area (Å²) >= 11 is 0. The number of halogens is 1. The van der Waals surface area contributed by atoms with Gasteiger partial charge >= 0.3 is 5.97 Å². The fourth-order valence-electron chi connectivity index (χ4n) is 5.39. The Kier molecular flexibility index (Phi) is 10.9. The summed E-state index contributed by atoms with van der Waals surface area (Å²) in [6.07, 6.45) is -2.34. The Morgan fingerprint density at radius 1 is 0.907 bits per heavy atom. The summed E-state index contributed by atoms with van der Waals surface area (Å²) in [5, 5.41) is 30.0. The van der Waals surface area contributed by atoms with Crippen molar-refractivity contribution in [3.05, 3.63) is 102 Å². The number of nitrogens with zero attached hydrogens (tertiary/aromatic N) is 2. The van der Waals surface area contributed by atoms with Crippen molar-refractivity contribution in [3.8, 4) is 22.4 Å². The minimum atomic E-state index is -1.16. The first-order valence-corrected chi connectivity index (χ1v) is 14.6. The molecule has 7 nitrogen and oxygen atoms in total. The van der Waals surface area contributed by atoms with Gasteiger partial charge in [0.05, 0.1) is 42.2 Å². The summed E-state index contributed by atoms with van der Waals surface area (Å²) in [7, 11) is 0. The standard InChI is InChI=1S/C35H39FN2O5/c1-4-43-35(37-27-13-9-6-10-14-27)32-31(24-11-7-5-8-12-24)34(25-15-17-26(36)18-16-25)38(33(32)23(2)3)20-19-28(39)21-29(40)22-30(41)42/h5-18,23,28-29,39-40H,4,19-22H2,1-3H3,(H,41,42)/b37-35-/t28-,29-/m1/s1. The number of hydrogen-bond donors (Lipinski definition) is 3. The number of aliphatic carboxylic acids is 1. The van der Waals surface area contributed by atoms with Gasteiger partial charge in [-0.1, -0.05) is 62.4 Å². The van der Waals surface area contributed by atoms with Gasteiger partial charge in [-0.3, -0.25) is 4.79 Å². The zero-order valence-corrected chi connectivity index (χ0v) is 24.8. The Labute approximate surface area is 251 Å². The van der Waals surface area contributed by atoms with E-state index in [-0.39, 0.29) is 24.6 Å². The number of hydrogen-bond acceptors (Lipinski definition) is 5. The van der Waals surface area contributed by atoms with Gasteiger partial charge in [0.25, 0.3) is 0 Å². The largest absolute Gasteiger partial charge is 0.481 e. The fourth-order valence-corrected chi connectivity index (χ4v) is 5.39. The van der Waals surface area contributed by atoms with Crippen LogP contribution in [-0.2, 0) is 16.1 Å². The molecule has 3 aromatic carbocycles. The van der Waals surface area contributed by atoms with E-state index in [1.807, 2.05) is 67.6 Å². The van der Waals surface area contributed by atoms with E-state index in [1.165, 1.54) is 12.1 Å². The Balaban J connectivity index is 1.98. The molecule has 0 bridgehead atoms. The van der Waals surface area contributed by atoms with Crippen molar-refractivity contribution in [3.63, 3.8) is 0 Å².